The minimum atomic E-state index is -3.11. The molecular formula is C17H33N3O3S. The zero-order valence-electron chi connectivity index (χ0n) is 15.0. The van der Waals surface area contributed by atoms with Crippen molar-refractivity contribution in [3.63, 3.8) is 0 Å². The number of nitrogens with zero attached hydrogens (tertiary/aromatic N) is 2. The average Bonchev–Trinajstić information content (AvgIpc) is 2.51. The Morgan fingerprint density at radius 3 is 2.38 bits per heavy atom. The zero-order valence-corrected chi connectivity index (χ0v) is 15.8. The standard InChI is InChI=1S/C17H33N3O3S/c1-24(22,23)20-12-7-8-16(15-20)14-18-17(21)9-13-19-10-5-3-2-4-6-11-19/h16H,2-15H2,1H3,(H,18,21)/t16-/m1/s1. The van der Waals surface area contributed by atoms with Gasteiger partial charge in [-0.25, -0.2) is 12.7 Å². The molecule has 0 aromatic rings. The maximum absolute atomic E-state index is 12.1. The fraction of sp³-hybridized carbons (Fsp3) is 0.941. The van der Waals surface area contributed by atoms with Crippen molar-refractivity contribution in [1.29, 1.82) is 0 Å². The molecule has 6 nitrogen and oxygen atoms in total. The molecule has 0 aromatic carbocycles. The van der Waals surface area contributed by atoms with Gasteiger partial charge in [-0.3, -0.25) is 4.79 Å². The third-order valence-corrected chi connectivity index (χ3v) is 6.41. The maximum Gasteiger partial charge on any atom is 0.221 e. The van der Waals surface area contributed by atoms with E-state index in [1.807, 2.05) is 0 Å². The second-order valence-corrected chi connectivity index (χ2v) is 9.28. The monoisotopic (exact) mass is 359 g/mol. The van der Waals surface area contributed by atoms with E-state index in [4.69, 9.17) is 0 Å². The Bertz CT molecular complexity index is 487. The van der Waals surface area contributed by atoms with Crippen LogP contribution in [0.1, 0.15) is 51.4 Å². The van der Waals surface area contributed by atoms with Crippen LogP contribution in [0, 0.1) is 5.92 Å². The topological polar surface area (TPSA) is 69.7 Å². The van der Waals surface area contributed by atoms with E-state index in [1.54, 1.807) is 0 Å². The molecule has 2 rings (SSSR count). The number of rotatable bonds is 6. The Morgan fingerprint density at radius 2 is 1.71 bits per heavy atom. The summed E-state index contributed by atoms with van der Waals surface area (Å²) < 4.78 is 24.8. The van der Waals surface area contributed by atoms with Crippen molar-refractivity contribution in [2.24, 2.45) is 5.92 Å². The highest BCUT2D eigenvalue weighted by atomic mass is 32.2. The normalized spacial score (nSPS) is 25.0. The van der Waals surface area contributed by atoms with Gasteiger partial charge in [0, 0.05) is 32.6 Å². The largest absolute Gasteiger partial charge is 0.356 e. The highest BCUT2D eigenvalue weighted by Gasteiger charge is 2.26. The van der Waals surface area contributed by atoms with E-state index in [0.29, 0.717) is 26.1 Å². The van der Waals surface area contributed by atoms with Gasteiger partial charge < -0.3 is 10.2 Å². The summed E-state index contributed by atoms with van der Waals surface area (Å²) in [5.41, 5.74) is 0. The Balaban J connectivity index is 1.65. The van der Waals surface area contributed by atoms with Crippen LogP contribution in [0.25, 0.3) is 0 Å². The molecule has 2 aliphatic rings. The van der Waals surface area contributed by atoms with E-state index in [1.165, 1.54) is 42.7 Å². The van der Waals surface area contributed by atoms with E-state index >= 15 is 0 Å². The molecule has 2 fully saturated rings. The molecule has 0 aromatic heterocycles. The molecule has 1 amide bonds. The highest BCUT2D eigenvalue weighted by molar-refractivity contribution is 7.88. The van der Waals surface area contributed by atoms with Crippen LogP contribution in [0.5, 0.6) is 0 Å². The average molecular weight is 360 g/mol. The van der Waals surface area contributed by atoms with Gasteiger partial charge in [-0.1, -0.05) is 19.3 Å². The molecule has 0 unspecified atom stereocenters. The third-order valence-electron chi connectivity index (χ3n) is 5.14. The zero-order chi connectivity index (χ0) is 17.4. The lowest BCUT2D eigenvalue weighted by atomic mass is 10.00. The summed E-state index contributed by atoms with van der Waals surface area (Å²) in [6, 6.07) is 0. The van der Waals surface area contributed by atoms with Crippen LogP contribution in [0.15, 0.2) is 0 Å². The van der Waals surface area contributed by atoms with Crippen LogP contribution in [0.4, 0.5) is 0 Å². The molecule has 0 bridgehead atoms. The van der Waals surface area contributed by atoms with Crippen molar-refractivity contribution in [2.45, 2.75) is 51.4 Å². The van der Waals surface area contributed by atoms with Crippen LogP contribution in [0.2, 0.25) is 0 Å². The number of likely N-dealkylation sites (tertiary alicyclic amines) is 1. The minimum Gasteiger partial charge on any atom is -0.356 e. The summed E-state index contributed by atoms with van der Waals surface area (Å²) in [4.78, 5) is 14.5. The number of carbonyl (C=O) groups excluding carboxylic acids is 1. The van der Waals surface area contributed by atoms with Crippen molar-refractivity contribution in [2.75, 3.05) is 45.5 Å². The molecule has 7 heteroatoms. The number of hydrogen-bond donors (Lipinski definition) is 1. The molecule has 0 saturated carbocycles. The van der Waals surface area contributed by atoms with Gasteiger partial charge in [-0.05, 0) is 44.7 Å². The van der Waals surface area contributed by atoms with Crippen molar-refractivity contribution >= 4 is 15.9 Å². The molecular weight excluding hydrogens is 326 g/mol. The van der Waals surface area contributed by atoms with E-state index in [0.717, 1.165) is 32.5 Å². The molecule has 1 atom stereocenters. The molecule has 140 valence electrons. The molecule has 1 N–H and O–H groups in total. The van der Waals surface area contributed by atoms with Gasteiger partial charge in [0.15, 0.2) is 0 Å². The maximum atomic E-state index is 12.1. The first-order valence-corrected chi connectivity index (χ1v) is 11.2. The molecule has 0 aliphatic carbocycles. The fourth-order valence-electron chi connectivity index (χ4n) is 3.64. The Hall–Kier alpha value is -0.660. The summed E-state index contributed by atoms with van der Waals surface area (Å²) in [6.07, 6.45) is 10.1. The first-order chi connectivity index (χ1) is 11.4. The number of hydrogen-bond acceptors (Lipinski definition) is 4. The third kappa shape index (κ3) is 7.07. The fourth-order valence-corrected chi connectivity index (χ4v) is 4.58. The Kier molecular flexibility index (Phi) is 7.97. The number of sulfonamides is 1. The van der Waals surface area contributed by atoms with E-state index in [9.17, 15) is 13.2 Å². The summed E-state index contributed by atoms with van der Waals surface area (Å²) in [5, 5.41) is 3.00. The van der Waals surface area contributed by atoms with Crippen LogP contribution < -0.4 is 5.32 Å². The SMILES string of the molecule is CS(=O)(=O)N1CCC[C@H](CNC(=O)CCN2CCCCCCC2)C1. The molecule has 0 radical (unpaired) electrons. The van der Waals surface area contributed by atoms with Gasteiger partial charge in [-0.2, -0.15) is 0 Å². The minimum absolute atomic E-state index is 0.0912. The lowest BCUT2D eigenvalue weighted by molar-refractivity contribution is -0.121. The highest BCUT2D eigenvalue weighted by Crippen LogP contribution is 2.18. The number of nitrogens with one attached hydrogen (secondary N) is 1. The van der Waals surface area contributed by atoms with E-state index in [-0.39, 0.29) is 11.8 Å². The predicted octanol–water partition coefficient (Wildman–Crippen LogP) is 1.43. The van der Waals surface area contributed by atoms with Gasteiger partial charge in [0.1, 0.15) is 0 Å². The second kappa shape index (κ2) is 9.73. The molecule has 2 heterocycles. The molecule has 24 heavy (non-hydrogen) atoms. The molecule has 2 aliphatic heterocycles. The quantitative estimate of drug-likeness (QED) is 0.779. The van der Waals surface area contributed by atoms with E-state index in [2.05, 4.69) is 10.2 Å². The van der Waals surface area contributed by atoms with Crippen molar-refractivity contribution in [1.82, 2.24) is 14.5 Å². The summed E-state index contributed by atoms with van der Waals surface area (Å²) in [5.74, 6) is 0.327. The molecule has 2 saturated heterocycles. The lowest BCUT2D eigenvalue weighted by Gasteiger charge is -2.31. The summed E-state index contributed by atoms with van der Waals surface area (Å²) in [7, 11) is -3.11. The predicted molar refractivity (Wildman–Crippen MR) is 96.3 cm³/mol. The number of piperidine rings is 1. The van der Waals surface area contributed by atoms with E-state index < -0.39 is 10.0 Å². The van der Waals surface area contributed by atoms with Crippen molar-refractivity contribution in [3.8, 4) is 0 Å². The van der Waals surface area contributed by atoms with Gasteiger partial charge in [0.25, 0.3) is 0 Å². The first-order valence-electron chi connectivity index (χ1n) is 9.39. The number of carbonyl (C=O) groups is 1. The summed E-state index contributed by atoms with van der Waals surface area (Å²) in [6.45, 7) is 4.79. The summed E-state index contributed by atoms with van der Waals surface area (Å²) >= 11 is 0. The van der Waals surface area contributed by atoms with Gasteiger partial charge in [0.05, 0.1) is 6.26 Å². The first kappa shape index (κ1) is 19.7. The van der Waals surface area contributed by atoms with Gasteiger partial charge in [-0.15, -0.1) is 0 Å². The van der Waals surface area contributed by atoms with Crippen LogP contribution in [0.3, 0.4) is 0 Å². The van der Waals surface area contributed by atoms with Gasteiger partial charge >= 0.3 is 0 Å². The van der Waals surface area contributed by atoms with Crippen molar-refractivity contribution < 1.29 is 13.2 Å². The van der Waals surface area contributed by atoms with Gasteiger partial charge in [0.2, 0.25) is 15.9 Å². The Morgan fingerprint density at radius 1 is 1.04 bits per heavy atom. The lowest BCUT2D eigenvalue weighted by Crippen LogP contribution is -2.43. The molecule has 0 spiro atoms. The van der Waals surface area contributed by atoms with Crippen molar-refractivity contribution in [3.05, 3.63) is 0 Å². The second-order valence-electron chi connectivity index (χ2n) is 7.29. The van der Waals surface area contributed by atoms with Crippen LogP contribution >= 0.6 is 0 Å². The Labute approximate surface area is 147 Å². The number of amides is 1. The van der Waals surface area contributed by atoms with Crippen LogP contribution in [-0.4, -0.2) is 69.1 Å². The smallest absolute Gasteiger partial charge is 0.221 e. The van der Waals surface area contributed by atoms with Crippen LogP contribution in [-0.2, 0) is 14.8 Å².